The number of hydrogen-bond donors (Lipinski definition) is 0. The molecule has 3 aromatic rings. The third-order valence-electron chi connectivity index (χ3n) is 4.31. The zero-order valence-corrected chi connectivity index (χ0v) is 14.0. The monoisotopic (exact) mass is 325 g/mol. The van der Waals surface area contributed by atoms with E-state index >= 15 is 0 Å². The number of pyridine rings is 1. The number of carbonyl (C=O) groups excluding carboxylic acids is 1. The third-order valence-corrected chi connectivity index (χ3v) is 4.31. The zero-order valence-electron chi connectivity index (χ0n) is 14.0. The summed E-state index contributed by atoms with van der Waals surface area (Å²) in [7, 11) is 0. The van der Waals surface area contributed by atoms with E-state index in [4.69, 9.17) is 4.74 Å². The minimum absolute atomic E-state index is 0.314. The van der Waals surface area contributed by atoms with Gasteiger partial charge in [0.15, 0.2) is 11.3 Å². The zero-order chi connectivity index (χ0) is 16.8. The molecule has 1 aliphatic rings. The van der Waals surface area contributed by atoms with Crippen molar-refractivity contribution in [2.24, 2.45) is 0 Å². The van der Waals surface area contributed by atoms with Crippen LogP contribution in [0.3, 0.4) is 0 Å². The maximum Gasteiger partial charge on any atom is 0.358 e. The Bertz CT molecular complexity index is 917. The highest BCUT2D eigenvalue weighted by Gasteiger charge is 2.26. The first-order chi connectivity index (χ1) is 11.6. The van der Waals surface area contributed by atoms with Crippen molar-refractivity contribution >= 4 is 11.6 Å². The van der Waals surface area contributed by atoms with E-state index in [-0.39, 0.29) is 0 Å². The fourth-order valence-corrected chi connectivity index (χ4v) is 3.03. The summed E-state index contributed by atoms with van der Waals surface area (Å²) in [5.41, 5.74) is 3.16. The Kier molecular flexibility index (Phi) is 3.37. The average Bonchev–Trinajstić information content (AvgIpc) is 3.23. The summed E-state index contributed by atoms with van der Waals surface area (Å²) < 4.78 is 8.97. The lowest BCUT2D eigenvalue weighted by molar-refractivity contribution is 0.0520. The van der Waals surface area contributed by atoms with Crippen molar-refractivity contribution in [2.75, 3.05) is 6.61 Å². The maximum absolute atomic E-state index is 12.0. The first kappa shape index (κ1) is 14.9. The van der Waals surface area contributed by atoms with Crippen LogP contribution in [0.25, 0.3) is 11.3 Å². The number of imidazole rings is 1. The van der Waals surface area contributed by atoms with Gasteiger partial charge in [-0.3, -0.25) is 4.57 Å². The van der Waals surface area contributed by atoms with Crippen molar-refractivity contribution in [1.29, 1.82) is 0 Å². The molecule has 0 bridgehead atoms. The standard InChI is InChI=1S/C17H19N5O2/c1-4-24-17(23)14-9-21-8-13(12-5-6-12)7-15(16(21)18-14)22-10(2)19-20-11(22)3/h7-9,12H,4-6H2,1-3H3. The minimum atomic E-state index is -0.405. The van der Waals surface area contributed by atoms with Gasteiger partial charge >= 0.3 is 5.97 Å². The van der Waals surface area contributed by atoms with E-state index in [1.165, 1.54) is 18.4 Å². The lowest BCUT2D eigenvalue weighted by atomic mass is 10.1. The van der Waals surface area contributed by atoms with E-state index in [0.29, 0.717) is 23.9 Å². The van der Waals surface area contributed by atoms with E-state index in [2.05, 4.69) is 27.4 Å². The van der Waals surface area contributed by atoms with Crippen LogP contribution in [0, 0.1) is 13.8 Å². The summed E-state index contributed by atoms with van der Waals surface area (Å²) in [6, 6.07) is 2.14. The van der Waals surface area contributed by atoms with Gasteiger partial charge in [0.1, 0.15) is 11.6 Å². The first-order valence-corrected chi connectivity index (χ1v) is 8.17. The Labute approximate surface area is 139 Å². The summed E-state index contributed by atoms with van der Waals surface area (Å²) in [6.07, 6.45) is 6.19. The molecule has 0 aromatic carbocycles. The van der Waals surface area contributed by atoms with Crippen molar-refractivity contribution in [3.05, 3.63) is 41.4 Å². The van der Waals surface area contributed by atoms with Gasteiger partial charge < -0.3 is 9.14 Å². The number of esters is 1. The number of fused-ring (bicyclic) bond motifs is 1. The van der Waals surface area contributed by atoms with Gasteiger partial charge in [-0.1, -0.05) is 0 Å². The highest BCUT2D eigenvalue weighted by Crippen LogP contribution is 2.41. The van der Waals surface area contributed by atoms with Crippen molar-refractivity contribution in [2.45, 2.75) is 39.5 Å². The Morgan fingerprint density at radius 3 is 2.58 bits per heavy atom. The molecule has 3 aromatic heterocycles. The number of carbonyl (C=O) groups is 1. The van der Waals surface area contributed by atoms with Crippen molar-refractivity contribution in [1.82, 2.24) is 24.1 Å². The number of rotatable bonds is 4. The molecular weight excluding hydrogens is 306 g/mol. The fraction of sp³-hybridized carbons (Fsp3) is 0.412. The second-order valence-corrected chi connectivity index (χ2v) is 6.14. The lowest BCUT2D eigenvalue weighted by Gasteiger charge is -2.10. The quantitative estimate of drug-likeness (QED) is 0.689. The van der Waals surface area contributed by atoms with Gasteiger partial charge in [-0.05, 0) is 51.2 Å². The van der Waals surface area contributed by atoms with Crippen LogP contribution in [-0.4, -0.2) is 36.7 Å². The lowest BCUT2D eigenvalue weighted by Crippen LogP contribution is -2.05. The van der Waals surface area contributed by atoms with Crippen molar-refractivity contribution < 1.29 is 9.53 Å². The molecule has 0 N–H and O–H groups in total. The maximum atomic E-state index is 12.0. The number of hydrogen-bond acceptors (Lipinski definition) is 5. The van der Waals surface area contributed by atoms with Gasteiger partial charge in [0.2, 0.25) is 0 Å². The van der Waals surface area contributed by atoms with Gasteiger partial charge in [-0.2, -0.15) is 0 Å². The van der Waals surface area contributed by atoms with Crippen molar-refractivity contribution in [3.8, 4) is 5.69 Å². The molecule has 1 saturated carbocycles. The normalized spacial score (nSPS) is 14.3. The number of nitrogens with zero attached hydrogens (tertiary/aromatic N) is 5. The van der Waals surface area contributed by atoms with Gasteiger partial charge in [0.05, 0.1) is 12.3 Å². The molecule has 124 valence electrons. The fourth-order valence-electron chi connectivity index (χ4n) is 3.03. The molecule has 0 saturated heterocycles. The van der Waals surface area contributed by atoms with E-state index in [1.54, 1.807) is 13.1 Å². The van der Waals surface area contributed by atoms with E-state index in [1.807, 2.05) is 22.8 Å². The number of aryl methyl sites for hydroxylation is 2. The van der Waals surface area contributed by atoms with Crippen LogP contribution in [-0.2, 0) is 4.74 Å². The van der Waals surface area contributed by atoms with Gasteiger partial charge in [0, 0.05) is 12.4 Å². The average molecular weight is 325 g/mol. The molecule has 24 heavy (non-hydrogen) atoms. The van der Waals surface area contributed by atoms with Crippen LogP contribution >= 0.6 is 0 Å². The van der Waals surface area contributed by atoms with Crippen LogP contribution in [0.5, 0.6) is 0 Å². The van der Waals surface area contributed by atoms with Crippen LogP contribution in [0.1, 0.15) is 53.4 Å². The summed E-state index contributed by atoms with van der Waals surface area (Å²) in [6.45, 7) is 5.94. The molecule has 0 unspecified atom stereocenters. The predicted molar refractivity (Wildman–Crippen MR) is 87.5 cm³/mol. The van der Waals surface area contributed by atoms with Crippen LogP contribution < -0.4 is 0 Å². The van der Waals surface area contributed by atoms with Crippen LogP contribution in [0.15, 0.2) is 18.5 Å². The van der Waals surface area contributed by atoms with Crippen LogP contribution in [0.4, 0.5) is 0 Å². The molecule has 0 amide bonds. The second-order valence-electron chi connectivity index (χ2n) is 6.14. The summed E-state index contributed by atoms with van der Waals surface area (Å²) in [5.74, 6) is 1.77. The minimum Gasteiger partial charge on any atom is -0.461 e. The Morgan fingerprint density at radius 2 is 1.96 bits per heavy atom. The predicted octanol–water partition coefficient (Wildman–Crippen LogP) is 2.59. The Morgan fingerprint density at radius 1 is 1.25 bits per heavy atom. The molecule has 0 aliphatic heterocycles. The largest absolute Gasteiger partial charge is 0.461 e. The Balaban J connectivity index is 1.94. The molecule has 3 heterocycles. The third kappa shape index (κ3) is 2.36. The molecule has 7 heteroatoms. The highest BCUT2D eigenvalue weighted by molar-refractivity contribution is 5.88. The molecule has 7 nitrogen and oxygen atoms in total. The van der Waals surface area contributed by atoms with E-state index in [0.717, 1.165) is 17.3 Å². The van der Waals surface area contributed by atoms with Gasteiger partial charge in [0.25, 0.3) is 0 Å². The number of aromatic nitrogens is 5. The Hall–Kier alpha value is -2.70. The SMILES string of the molecule is CCOC(=O)c1cn2cc(C3CC3)cc(-n3c(C)nnc3C)c2n1. The topological polar surface area (TPSA) is 74.3 Å². The molecule has 0 atom stereocenters. The molecule has 0 radical (unpaired) electrons. The van der Waals surface area contributed by atoms with E-state index < -0.39 is 5.97 Å². The summed E-state index contributed by atoms with van der Waals surface area (Å²) in [4.78, 5) is 16.5. The molecular formula is C17H19N5O2. The number of ether oxygens (including phenoxy) is 1. The van der Waals surface area contributed by atoms with Gasteiger partial charge in [-0.25, -0.2) is 9.78 Å². The van der Waals surface area contributed by atoms with Crippen molar-refractivity contribution in [3.63, 3.8) is 0 Å². The summed E-state index contributed by atoms with van der Waals surface area (Å²) in [5, 5.41) is 8.29. The molecule has 4 rings (SSSR count). The van der Waals surface area contributed by atoms with Crippen LogP contribution in [0.2, 0.25) is 0 Å². The first-order valence-electron chi connectivity index (χ1n) is 8.17. The summed E-state index contributed by atoms with van der Waals surface area (Å²) >= 11 is 0. The van der Waals surface area contributed by atoms with Gasteiger partial charge in [-0.15, -0.1) is 10.2 Å². The molecule has 1 aliphatic carbocycles. The van der Waals surface area contributed by atoms with E-state index in [9.17, 15) is 4.79 Å². The highest BCUT2D eigenvalue weighted by atomic mass is 16.5. The second kappa shape index (κ2) is 5.43. The molecule has 0 spiro atoms. The smallest absolute Gasteiger partial charge is 0.358 e. The molecule has 1 fully saturated rings.